The van der Waals surface area contributed by atoms with Gasteiger partial charge in [0.1, 0.15) is 5.82 Å². The van der Waals surface area contributed by atoms with E-state index in [2.05, 4.69) is 23.0 Å². The van der Waals surface area contributed by atoms with Gasteiger partial charge < -0.3 is 4.90 Å². The van der Waals surface area contributed by atoms with Crippen molar-refractivity contribution in [2.75, 3.05) is 20.1 Å². The Labute approximate surface area is 83.1 Å². The fourth-order valence-electron chi connectivity index (χ4n) is 1.62. The van der Waals surface area contributed by atoms with Crippen molar-refractivity contribution in [3.8, 4) is 0 Å². The molecular formula is C11H13FN2. The third-order valence-electron chi connectivity index (χ3n) is 2.49. The summed E-state index contributed by atoms with van der Waals surface area (Å²) in [6.45, 7) is 1.97. The van der Waals surface area contributed by atoms with Gasteiger partial charge >= 0.3 is 0 Å². The van der Waals surface area contributed by atoms with Crippen LogP contribution in [0, 0.1) is 5.82 Å². The van der Waals surface area contributed by atoms with Crippen LogP contribution >= 0.6 is 0 Å². The minimum Gasteiger partial charge on any atom is -0.302 e. The van der Waals surface area contributed by atoms with Crippen LogP contribution in [0.2, 0.25) is 0 Å². The normalized spacial score (nSPS) is 18.0. The summed E-state index contributed by atoms with van der Waals surface area (Å²) < 4.78 is 12.9. The van der Waals surface area contributed by atoms with Crippen LogP contribution in [-0.4, -0.2) is 30.0 Å². The quantitative estimate of drug-likeness (QED) is 0.676. The van der Waals surface area contributed by atoms with Crippen LogP contribution in [0.4, 0.5) is 4.39 Å². The molecule has 74 valence electrons. The topological polar surface area (TPSA) is 16.1 Å². The van der Waals surface area contributed by atoms with Gasteiger partial charge in [-0.2, -0.15) is 0 Å². The Morgan fingerprint density at radius 1 is 1.43 bits per heavy atom. The first-order valence-corrected chi connectivity index (χ1v) is 4.74. The molecule has 1 aliphatic rings. The highest BCUT2D eigenvalue weighted by Crippen LogP contribution is 2.21. The smallest absolute Gasteiger partial charge is 0.142 e. The lowest BCUT2D eigenvalue weighted by atomic mass is 10.0. The van der Waals surface area contributed by atoms with Gasteiger partial charge in [0, 0.05) is 19.3 Å². The molecule has 1 aromatic heterocycles. The van der Waals surface area contributed by atoms with Crippen molar-refractivity contribution in [1.82, 2.24) is 9.88 Å². The van der Waals surface area contributed by atoms with Gasteiger partial charge in [-0.25, -0.2) is 4.39 Å². The Kier molecular flexibility index (Phi) is 2.59. The van der Waals surface area contributed by atoms with E-state index in [0.717, 1.165) is 25.1 Å². The van der Waals surface area contributed by atoms with Crippen LogP contribution in [0.5, 0.6) is 0 Å². The molecule has 2 nitrogen and oxygen atoms in total. The minimum atomic E-state index is -0.262. The summed E-state index contributed by atoms with van der Waals surface area (Å²) in [5.41, 5.74) is 2.12. The number of hydrogen-bond donors (Lipinski definition) is 0. The van der Waals surface area contributed by atoms with Crippen LogP contribution in [0.25, 0.3) is 5.57 Å². The molecule has 0 bridgehead atoms. The van der Waals surface area contributed by atoms with Gasteiger partial charge in [-0.1, -0.05) is 6.08 Å². The van der Waals surface area contributed by atoms with E-state index in [9.17, 15) is 4.39 Å². The second-order valence-electron chi connectivity index (χ2n) is 3.63. The first kappa shape index (κ1) is 9.34. The van der Waals surface area contributed by atoms with Gasteiger partial charge in [-0.3, -0.25) is 4.98 Å². The summed E-state index contributed by atoms with van der Waals surface area (Å²) in [5, 5.41) is 0. The van der Waals surface area contributed by atoms with E-state index in [1.807, 2.05) is 0 Å². The van der Waals surface area contributed by atoms with Crippen molar-refractivity contribution in [2.45, 2.75) is 6.42 Å². The first-order valence-electron chi connectivity index (χ1n) is 4.74. The van der Waals surface area contributed by atoms with Gasteiger partial charge in [0.25, 0.3) is 0 Å². The number of halogens is 1. The zero-order valence-corrected chi connectivity index (χ0v) is 8.20. The van der Waals surface area contributed by atoms with Gasteiger partial charge in [0.05, 0.1) is 6.20 Å². The molecule has 0 saturated heterocycles. The molecule has 0 atom stereocenters. The fraction of sp³-hybridized carbons (Fsp3) is 0.364. The highest BCUT2D eigenvalue weighted by atomic mass is 19.1. The lowest BCUT2D eigenvalue weighted by Gasteiger charge is -2.21. The molecule has 0 fully saturated rings. The maximum atomic E-state index is 12.9. The standard InChI is InChI=1S/C11H13FN2/c1-14-4-2-9(3-5-14)10-6-11(12)8-13-7-10/h2,6-8H,3-5H2,1H3. The molecule has 0 unspecified atom stereocenters. The van der Waals surface area contributed by atoms with Crippen LogP contribution in [0.15, 0.2) is 24.5 Å². The van der Waals surface area contributed by atoms with E-state index in [1.165, 1.54) is 11.8 Å². The maximum absolute atomic E-state index is 12.9. The number of likely N-dealkylation sites (N-methyl/N-ethyl adjacent to an activating group) is 1. The molecular weight excluding hydrogens is 179 g/mol. The summed E-state index contributed by atoms with van der Waals surface area (Å²) in [7, 11) is 2.08. The zero-order chi connectivity index (χ0) is 9.97. The molecule has 2 rings (SSSR count). The Morgan fingerprint density at radius 2 is 2.29 bits per heavy atom. The summed E-state index contributed by atoms with van der Waals surface area (Å²) in [6, 6.07) is 1.55. The third kappa shape index (κ3) is 1.99. The van der Waals surface area contributed by atoms with Crippen molar-refractivity contribution in [1.29, 1.82) is 0 Å². The SMILES string of the molecule is CN1CC=C(c2cncc(F)c2)CC1. The van der Waals surface area contributed by atoms with E-state index >= 15 is 0 Å². The minimum absolute atomic E-state index is 0.262. The van der Waals surface area contributed by atoms with Crippen molar-refractivity contribution in [3.63, 3.8) is 0 Å². The van der Waals surface area contributed by atoms with Crippen molar-refractivity contribution in [3.05, 3.63) is 35.9 Å². The third-order valence-corrected chi connectivity index (χ3v) is 2.49. The average Bonchev–Trinajstić information content (AvgIpc) is 2.19. The largest absolute Gasteiger partial charge is 0.302 e. The molecule has 3 heteroatoms. The highest BCUT2D eigenvalue weighted by Gasteiger charge is 2.09. The molecule has 0 radical (unpaired) electrons. The molecule has 1 aliphatic heterocycles. The van der Waals surface area contributed by atoms with Crippen molar-refractivity contribution in [2.24, 2.45) is 0 Å². The Bertz CT molecular complexity index is 360. The van der Waals surface area contributed by atoms with E-state index < -0.39 is 0 Å². The molecule has 0 amide bonds. The van der Waals surface area contributed by atoms with Crippen molar-refractivity contribution >= 4 is 5.57 Å². The molecule has 1 aromatic rings. The van der Waals surface area contributed by atoms with Crippen molar-refractivity contribution < 1.29 is 4.39 Å². The molecule has 0 N–H and O–H groups in total. The summed E-state index contributed by atoms with van der Waals surface area (Å²) >= 11 is 0. The van der Waals surface area contributed by atoms with E-state index in [1.54, 1.807) is 12.3 Å². The van der Waals surface area contributed by atoms with Crippen LogP contribution < -0.4 is 0 Å². The van der Waals surface area contributed by atoms with E-state index in [4.69, 9.17) is 0 Å². The van der Waals surface area contributed by atoms with Gasteiger partial charge in [-0.05, 0) is 30.7 Å². The van der Waals surface area contributed by atoms with E-state index in [-0.39, 0.29) is 5.82 Å². The van der Waals surface area contributed by atoms with Crippen LogP contribution in [0.3, 0.4) is 0 Å². The zero-order valence-electron chi connectivity index (χ0n) is 8.20. The Hall–Kier alpha value is -1.22. The Morgan fingerprint density at radius 3 is 2.93 bits per heavy atom. The lowest BCUT2D eigenvalue weighted by Crippen LogP contribution is -2.23. The van der Waals surface area contributed by atoms with Gasteiger partial charge in [-0.15, -0.1) is 0 Å². The molecule has 0 saturated carbocycles. The number of rotatable bonds is 1. The summed E-state index contributed by atoms with van der Waals surface area (Å²) in [4.78, 5) is 6.08. The predicted molar refractivity (Wildman–Crippen MR) is 54.3 cm³/mol. The van der Waals surface area contributed by atoms with E-state index in [0.29, 0.717) is 0 Å². The second-order valence-corrected chi connectivity index (χ2v) is 3.63. The molecule has 2 heterocycles. The van der Waals surface area contributed by atoms with Crippen LogP contribution in [0.1, 0.15) is 12.0 Å². The molecule has 0 spiro atoms. The average molecular weight is 192 g/mol. The summed E-state index contributed by atoms with van der Waals surface area (Å²) in [6.07, 6.45) is 6.07. The maximum Gasteiger partial charge on any atom is 0.142 e. The predicted octanol–water partition coefficient (Wildman–Crippen LogP) is 1.94. The molecule has 0 aromatic carbocycles. The van der Waals surface area contributed by atoms with Gasteiger partial charge in [0.2, 0.25) is 0 Å². The number of aromatic nitrogens is 1. The molecule has 14 heavy (non-hydrogen) atoms. The number of pyridine rings is 1. The number of nitrogens with zero attached hydrogens (tertiary/aromatic N) is 2. The number of hydrogen-bond acceptors (Lipinski definition) is 2. The van der Waals surface area contributed by atoms with Gasteiger partial charge in [0.15, 0.2) is 0 Å². The lowest BCUT2D eigenvalue weighted by molar-refractivity contribution is 0.370. The molecule has 0 aliphatic carbocycles. The second kappa shape index (κ2) is 3.88. The summed E-state index contributed by atoms with van der Waals surface area (Å²) in [5.74, 6) is -0.262. The Balaban J connectivity index is 2.23. The monoisotopic (exact) mass is 192 g/mol. The van der Waals surface area contributed by atoms with Crippen LogP contribution in [-0.2, 0) is 0 Å². The highest BCUT2D eigenvalue weighted by molar-refractivity contribution is 5.65. The fourth-order valence-corrected chi connectivity index (χ4v) is 1.62. The first-order chi connectivity index (χ1) is 6.75.